The lowest BCUT2D eigenvalue weighted by Crippen LogP contribution is -2.50. The Kier molecular flexibility index (Phi) is 4.81. The van der Waals surface area contributed by atoms with Gasteiger partial charge in [0.25, 0.3) is 5.91 Å². The fourth-order valence-electron chi connectivity index (χ4n) is 3.69. The molecule has 3 heterocycles. The van der Waals surface area contributed by atoms with Gasteiger partial charge in [0, 0.05) is 26.2 Å². The third-order valence-corrected chi connectivity index (χ3v) is 6.30. The van der Waals surface area contributed by atoms with E-state index in [0.717, 1.165) is 38.3 Å². The van der Waals surface area contributed by atoms with Gasteiger partial charge >= 0.3 is 0 Å². The van der Waals surface area contributed by atoms with E-state index in [4.69, 9.17) is 0 Å². The third kappa shape index (κ3) is 3.17. The van der Waals surface area contributed by atoms with Crippen LogP contribution < -0.4 is 0 Å². The largest absolute Gasteiger partial charge is 0.301 e. The van der Waals surface area contributed by atoms with E-state index in [1.165, 1.54) is 28.6 Å². The molecule has 1 fully saturated rings. The lowest BCUT2D eigenvalue weighted by molar-refractivity contribution is 0.0739. The Balaban J connectivity index is 1.64. The lowest BCUT2D eigenvalue weighted by Gasteiger charge is -2.40. The molecule has 0 spiro atoms. The first-order chi connectivity index (χ1) is 12.6. The second-order valence-electron chi connectivity index (χ2n) is 6.70. The fourth-order valence-corrected chi connectivity index (χ4v) is 5.00. The number of halogens is 1. The molecule has 0 bridgehead atoms. The molecule has 2 aromatic rings. The van der Waals surface area contributed by atoms with Gasteiger partial charge in [0.05, 0.1) is 6.04 Å². The van der Waals surface area contributed by atoms with Gasteiger partial charge in [-0.05, 0) is 31.2 Å². The number of carbonyl (C=O) groups excluding carboxylic acids is 1. The Labute approximate surface area is 156 Å². The number of aromatic nitrogens is 3. The van der Waals surface area contributed by atoms with Crippen molar-refractivity contribution in [3.05, 3.63) is 41.5 Å². The van der Waals surface area contributed by atoms with Crippen molar-refractivity contribution in [2.75, 3.05) is 32.7 Å². The third-order valence-electron chi connectivity index (χ3n) is 5.11. The Morgan fingerprint density at radius 1 is 1.23 bits per heavy atom. The van der Waals surface area contributed by atoms with Crippen LogP contribution in [-0.2, 0) is 0 Å². The van der Waals surface area contributed by atoms with Gasteiger partial charge in [0.15, 0.2) is 5.16 Å². The van der Waals surface area contributed by atoms with Crippen LogP contribution in [0.3, 0.4) is 0 Å². The molecule has 0 amide bonds. The number of carbonyl (C=O) groups is 1. The van der Waals surface area contributed by atoms with Gasteiger partial charge in [-0.2, -0.15) is 4.68 Å². The molecule has 0 saturated carbocycles. The number of thioether (sulfide) groups is 1. The second-order valence-corrected chi connectivity index (χ2v) is 7.81. The topological polar surface area (TPSA) is 54.3 Å². The highest BCUT2D eigenvalue weighted by molar-refractivity contribution is 8.00. The quantitative estimate of drug-likeness (QED) is 0.817. The summed E-state index contributed by atoms with van der Waals surface area (Å²) in [6.45, 7) is 8.70. The van der Waals surface area contributed by atoms with Crippen LogP contribution in [-0.4, -0.2) is 68.4 Å². The number of hydrogen-bond donors (Lipinski definition) is 0. The number of rotatable bonds is 4. The van der Waals surface area contributed by atoms with E-state index >= 15 is 0 Å². The highest BCUT2D eigenvalue weighted by Gasteiger charge is 2.43. The maximum Gasteiger partial charge on any atom is 0.264 e. The van der Waals surface area contributed by atoms with Gasteiger partial charge in [0.1, 0.15) is 16.9 Å². The maximum absolute atomic E-state index is 13.4. The summed E-state index contributed by atoms with van der Waals surface area (Å²) in [4.78, 5) is 22.1. The molecule has 1 aromatic heterocycles. The fraction of sp³-hybridized carbons (Fsp3) is 0.500. The zero-order valence-electron chi connectivity index (χ0n) is 14.9. The van der Waals surface area contributed by atoms with Crippen molar-refractivity contribution in [3.8, 4) is 0 Å². The lowest BCUT2D eigenvalue weighted by atomic mass is 10.00. The minimum absolute atomic E-state index is 0.0437. The van der Waals surface area contributed by atoms with E-state index in [1.54, 1.807) is 19.1 Å². The molecule has 2 aliphatic rings. The first kappa shape index (κ1) is 17.6. The van der Waals surface area contributed by atoms with Crippen LogP contribution in [0.5, 0.6) is 0 Å². The number of piperazine rings is 1. The molecule has 1 aromatic carbocycles. The van der Waals surface area contributed by atoms with E-state index in [9.17, 15) is 9.18 Å². The standard InChI is InChI=1S/C18H22FN5OS/c1-3-22-8-10-23(11-9-22)15(13-4-6-14(19)7-5-13)16-17(25)24-18(26-16)20-12(2)21-24/h4-7,15-16H,3,8-11H2,1-2H3. The summed E-state index contributed by atoms with van der Waals surface area (Å²) in [5, 5.41) is 4.57. The highest BCUT2D eigenvalue weighted by atomic mass is 32.2. The number of nitrogens with zero attached hydrogens (tertiary/aromatic N) is 5. The van der Waals surface area contributed by atoms with E-state index in [-0.39, 0.29) is 23.0 Å². The summed E-state index contributed by atoms with van der Waals surface area (Å²) in [5.74, 6) is 0.297. The second kappa shape index (κ2) is 7.09. The summed E-state index contributed by atoms with van der Waals surface area (Å²) in [6.07, 6.45) is 0. The number of fused-ring (bicyclic) bond motifs is 1. The van der Waals surface area contributed by atoms with Crippen LogP contribution in [0, 0.1) is 12.7 Å². The Hall–Kier alpha value is -1.77. The zero-order valence-corrected chi connectivity index (χ0v) is 15.7. The molecule has 0 radical (unpaired) electrons. The first-order valence-electron chi connectivity index (χ1n) is 8.93. The van der Waals surface area contributed by atoms with Gasteiger partial charge in [-0.25, -0.2) is 9.37 Å². The van der Waals surface area contributed by atoms with Crippen molar-refractivity contribution in [1.29, 1.82) is 0 Å². The van der Waals surface area contributed by atoms with Crippen molar-refractivity contribution in [3.63, 3.8) is 0 Å². The molecule has 6 nitrogen and oxygen atoms in total. The number of hydrogen-bond acceptors (Lipinski definition) is 6. The Morgan fingerprint density at radius 2 is 1.92 bits per heavy atom. The van der Waals surface area contributed by atoms with Crippen LogP contribution in [0.2, 0.25) is 0 Å². The molecule has 2 atom stereocenters. The van der Waals surface area contributed by atoms with Gasteiger partial charge in [-0.1, -0.05) is 30.8 Å². The molecular weight excluding hydrogens is 353 g/mol. The van der Waals surface area contributed by atoms with Crippen LogP contribution in [0.4, 0.5) is 4.39 Å². The van der Waals surface area contributed by atoms with E-state index in [2.05, 4.69) is 26.8 Å². The van der Waals surface area contributed by atoms with Gasteiger partial charge in [0.2, 0.25) is 0 Å². The average Bonchev–Trinajstić information content (AvgIpc) is 3.15. The predicted octanol–water partition coefficient (Wildman–Crippen LogP) is 2.22. The summed E-state index contributed by atoms with van der Waals surface area (Å²) in [6, 6.07) is 6.40. The molecule has 4 rings (SSSR count). The molecular formula is C18H22FN5OS. The predicted molar refractivity (Wildman–Crippen MR) is 97.9 cm³/mol. The molecule has 1 saturated heterocycles. The van der Waals surface area contributed by atoms with Gasteiger partial charge in [-0.3, -0.25) is 9.69 Å². The molecule has 0 N–H and O–H groups in total. The number of benzene rings is 1. The van der Waals surface area contributed by atoms with E-state index in [0.29, 0.717) is 11.0 Å². The molecule has 2 unspecified atom stereocenters. The van der Waals surface area contributed by atoms with Crippen molar-refractivity contribution in [2.24, 2.45) is 0 Å². The van der Waals surface area contributed by atoms with E-state index in [1.807, 2.05) is 0 Å². The van der Waals surface area contributed by atoms with Crippen molar-refractivity contribution < 1.29 is 9.18 Å². The van der Waals surface area contributed by atoms with Gasteiger partial charge < -0.3 is 4.90 Å². The average molecular weight is 375 g/mol. The summed E-state index contributed by atoms with van der Waals surface area (Å²) < 4.78 is 14.9. The SMILES string of the molecule is CCN1CCN(C(c2ccc(F)cc2)C2Sc3nc(C)nn3C2=O)CC1. The molecule has 138 valence electrons. The molecule has 2 aliphatic heterocycles. The van der Waals surface area contributed by atoms with Crippen molar-refractivity contribution >= 4 is 17.7 Å². The molecule has 0 aliphatic carbocycles. The minimum Gasteiger partial charge on any atom is -0.301 e. The number of aryl methyl sites for hydroxylation is 1. The normalized spacial score (nSPS) is 22.6. The van der Waals surface area contributed by atoms with Crippen LogP contribution in [0.1, 0.15) is 29.1 Å². The highest BCUT2D eigenvalue weighted by Crippen LogP contribution is 2.41. The van der Waals surface area contributed by atoms with Crippen molar-refractivity contribution in [2.45, 2.75) is 30.3 Å². The monoisotopic (exact) mass is 375 g/mol. The van der Waals surface area contributed by atoms with Crippen LogP contribution in [0.25, 0.3) is 0 Å². The summed E-state index contributed by atoms with van der Waals surface area (Å²) >= 11 is 1.46. The zero-order chi connectivity index (χ0) is 18.3. The Bertz CT molecular complexity index is 800. The minimum atomic E-state index is -0.316. The van der Waals surface area contributed by atoms with Gasteiger partial charge in [-0.15, -0.1) is 5.10 Å². The first-order valence-corrected chi connectivity index (χ1v) is 9.81. The molecule has 26 heavy (non-hydrogen) atoms. The summed E-state index contributed by atoms with van der Waals surface area (Å²) in [7, 11) is 0. The smallest absolute Gasteiger partial charge is 0.264 e. The summed E-state index contributed by atoms with van der Waals surface area (Å²) in [5.41, 5.74) is 0.963. The van der Waals surface area contributed by atoms with E-state index < -0.39 is 0 Å². The maximum atomic E-state index is 13.4. The number of likely N-dealkylation sites (N-methyl/N-ethyl adjacent to an activating group) is 1. The Morgan fingerprint density at radius 3 is 2.54 bits per heavy atom. The van der Waals surface area contributed by atoms with Crippen LogP contribution in [0.15, 0.2) is 29.4 Å². The van der Waals surface area contributed by atoms with Crippen LogP contribution >= 0.6 is 11.8 Å². The van der Waals surface area contributed by atoms with Crippen molar-refractivity contribution in [1.82, 2.24) is 24.6 Å². The molecule has 8 heteroatoms.